The number of rotatable bonds is 3. The maximum Gasteiger partial charge on any atom is 0.310 e. The highest BCUT2D eigenvalue weighted by Crippen LogP contribution is 2.39. The largest absolute Gasteiger partial charge is 0.460 e. The van der Waals surface area contributed by atoms with Gasteiger partial charge in [-0.3, -0.25) is 9.59 Å². The van der Waals surface area contributed by atoms with Crippen molar-refractivity contribution >= 4 is 11.9 Å². The number of hydrogen-bond acceptors (Lipinski definition) is 4. The fourth-order valence-corrected chi connectivity index (χ4v) is 2.56. The molecule has 0 aromatic heterocycles. The van der Waals surface area contributed by atoms with Crippen LogP contribution in [0, 0.1) is 17.8 Å². The van der Waals surface area contributed by atoms with Gasteiger partial charge in [0.1, 0.15) is 11.2 Å². The summed E-state index contributed by atoms with van der Waals surface area (Å²) in [6.45, 7) is 14.8. The molecule has 1 rings (SSSR count). The first-order chi connectivity index (χ1) is 9.43. The van der Waals surface area contributed by atoms with Gasteiger partial charge in [0, 0.05) is 0 Å². The van der Waals surface area contributed by atoms with Gasteiger partial charge in [0.05, 0.1) is 11.8 Å². The minimum Gasteiger partial charge on any atom is -0.460 e. The van der Waals surface area contributed by atoms with E-state index < -0.39 is 11.2 Å². The lowest BCUT2D eigenvalue weighted by Crippen LogP contribution is -2.30. The van der Waals surface area contributed by atoms with E-state index in [1.165, 1.54) is 0 Å². The molecule has 1 fully saturated rings. The number of esters is 2. The van der Waals surface area contributed by atoms with Crippen LogP contribution >= 0.6 is 0 Å². The molecule has 0 aromatic rings. The lowest BCUT2D eigenvalue weighted by molar-refractivity contribution is -0.161. The topological polar surface area (TPSA) is 52.6 Å². The van der Waals surface area contributed by atoms with E-state index in [4.69, 9.17) is 9.47 Å². The van der Waals surface area contributed by atoms with E-state index in [9.17, 15) is 9.59 Å². The van der Waals surface area contributed by atoms with E-state index in [1.807, 2.05) is 41.5 Å². The first-order valence-electron chi connectivity index (χ1n) is 7.51. The minimum absolute atomic E-state index is 0.0302. The normalized spacial score (nSPS) is 26.3. The zero-order valence-corrected chi connectivity index (χ0v) is 14.1. The molecule has 0 heterocycles. The molecule has 0 aliphatic heterocycles. The van der Waals surface area contributed by atoms with Gasteiger partial charge in [-0.25, -0.2) is 0 Å². The third kappa shape index (κ3) is 5.52. The van der Waals surface area contributed by atoms with Crippen molar-refractivity contribution in [2.75, 3.05) is 0 Å². The van der Waals surface area contributed by atoms with E-state index in [1.54, 1.807) is 6.08 Å². The summed E-state index contributed by atoms with van der Waals surface area (Å²) < 4.78 is 10.9. The summed E-state index contributed by atoms with van der Waals surface area (Å²) >= 11 is 0. The van der Waals surface area contributed by atoms with Crippen LogP contribution in [0.2, 0.25) is 0 Å². The van der Waals surface area contributed by atoms with Crippen LogP contribution in [0.3, 0.4) is 0 Å². The Balaban J connectivity index is 2.74. The zero-order valence-electron chi connectivity index (χ0n) is 14.1. The summed E-state index contributed by atoms with van der Waals surface area (Å²) in [6, 6.07) is 0. The predicted octanol–water partition coefficient (Wildman–Crippen LogP) is 3.50. The highest BCUT2D eigenvalue weighted by atomic mass is 16.6. The second-order valence-electron chi connectivity index (χ2n) is 7.74. The molecule has 1 aliphatic carbocycles. The Morgan fingerprint density at radius 1 is 0.952 bits per heavy atom. The van der Waals surface area contributed by atoms with Gasteiger partial charge in [0.2, 0.25) is 0 Å². The van der Waals surface area contributed by atoms with Gasteiger partial charge in [-0.15, -0.1) is 6.58 Å². The minimum atomic E-state index is -0.521. The Labute approximate surface area is 127 Å². The van der Waals surface area contributed by atoms with Crippen LogP contribution in [0.4, 0.5) is 0 Å². The van der Waals surface area contributed by atoms with Crippen LogP contribution in [0.15, 0.2) is 12.7 Å². The maximum atomic E-state index is 12.3. The van der Waals surface area contributed by atoms with Gasteiger partial charge in [-0.05, 0) is 60.3 Å². The van der Waals surface area contributed by atoms with Crippen molar-refractivity contribution in [3.8, 4) is 0 Å². The molecule has 0 radical (unpaired) electrons. The molecule has 4 heteroatoms. The summed E-state index contributed by atoms with van der Waals surface area (Å²) in [5.41, 5.74) is -1.03. The van der Waals surface area contributed by atoms with Gasteiger partial charge < -0.3 is 9.47 Å². The summed E-state index contributed by atoms with van der Waals surface area (Å²) in [5.74, 6) is -1.08. The third-order valence-electron chi connectivity index (χ3n) is 3.36. The lowest BCUT2D eigenvalue weighted by Gasteiger charge is -2.24. The number of hydrogen-bond donors (Lipinski definition) is 0. The van der Waals surface area contributed by atoms with Crippen LogP contribution < -0.4 is 0 Å². The van der Waals surface area contributed by atoms with Gasteiger partial charge in [0.25, 0.3) is 0 Å². The van der Waals surface area contributed by atoms with E-state index in [-0.39, 0.29) is 29.7 Å². The molecule has 0 saturated heterocycles. The van der Waals surface area contributed by atoms with Crippen molar-refractivity contribution in [3.63, 3.8) is 0 Å². The molecule has 21 heavy (non-hydrogen) atoms. The van der Waals surface area contributed by atoms with Gasteiger partial charge in [-0.2, -0.15) is 0 Å². The van der Waals surface area contributed by atoms with Crippen LogP contribution in [0.1, 0.15) is 54.4 Å². The summed E-state index contributed by atoms with van der Waals surface area (Å²) in [5, 5.41) is 0. The standard InChI is InChI=1S/C17H28O4/c1-8-11-9-12(14(18)20-16(2,3)4)10-13(11)15(19)21-17(5,6)7/h8,11-13H,1,9-10H2,2-7H3/t11-,12+,13-/m1/s1. The lowest BCUT2D eigenvalue weighted by atomic mass is 9.96. The van der Waals surface area contributed by atoms with E-state index in [2.05, 4.69) is 6.58 Å². The SMILES string of the molecule is C=C[C@@H]1C[C@H](C(=O)OC(C)(C)C)C[C@H]1C(=O)OC(C)(C)C. The molecule has 1 aliphatic rings. The van der Waals surface area contributed by atoms with Gasteiger partial charge in [-0.1, -0.05) is 6.08 Å². The predicted molar refractivity (Wildman–Crippen MR) is 81.6 cm³/mol. The van der Waals surface area contributed by atoms with Crippen molar-refractivity contribution in [2.45, 2.75) is 65.6 Å². The molecule has 0 spiro atoms. The average molecular weight is 296 g/mol. The first kappa shape index (κ1) is 17.7. The number of carbonyl (C=O) groups excluding carboxylic acids is 2. The van der Waals surface area contributed by atoms with Crippen LogP contribution in [-0.2, 0) is 19.1 Å². The monoisotopic (exact) mass is 296 g/mol. The highest BCUT2D eigenvalue weighted by molar-refractivity contribution is 5.78. The fraction of sp³-hybridized carbons (Fsp3) is 0.765. The zero-order chi connectivity index (χ0) is 16.4. The Morgan fingerprint density at radius 2 is 1.43 bits per heavy atom. The highest BCUT2D eigenvalue weighted by Gasteiger charge is 2.43. The number of allylic oxidation sites excluding steroid dienone is 1. The van der Waals surface area contributed by atoms with Crippen LogP contribution in [0.25, 0.3) is 0 Å². The van der Waals surface area contributed by atoms with Gasteiger partial charge >= 0.3 is 11.9 Å². The Kier molecular flexibility index (Phi) is 5.24. The molecule has 0 bridgehead atoms. The molecule has 120 valence electrons. The molecule has 0 aromatic carbocycles. The van der Waals surface area contributed by atoms with Crippen LogP contribution in [-0.4, -0.2) is 23.1 Å². The van der Waals surface area contributed by atoms with Crippen molar-refractivity contribution in [3.05, 3.63) is 12.7 Å². The van der Waals surface area contributed by atoms with E-state index in [0.29, 0.717) is 12.8 Å². The van der Waals surface area contributed by atoms with Crippen molar-refractivity contribution < 1.29 is 19.1 Å². The molecule has 0 unspecified atom stereocenters. The van der Waals surface area contributed by atoms with E-state index in [0.717, 1.165) is 0 Å². The fourth-order valence-electron chi connectivity index (χ4n) is 2.56. The molecule has 3 atom stereocenters. The Bertz CT molecular complexity index is 411. The van der Waals surface area contributed by atoms with Crippen LogP contribution in [0.5, 0.6) is 0 Å². The Hall–Kier alpha value is -1.32. The first-order valence-corrected chi connectivity index (χ1v) is 7.51. The maximum absolute atomic E-state index is 12.3. The van der Waals surface area contributed by atoms with E-state index >= 15 is 0 Å². The second kappa shape index (κ2) is 6.20. The number of ether oxygens (including phenoxy) is 2. The number of carbonyl (C=O) groups is 2. The summed E-state index contributed by atoms with van der Waals surface area (Å²) in [7, 11) is 0. The second-order valence-corrected chi connectivity index (χ2v) is 7.74. The quantitative estimate of drug-likeness (QED) is 0.591. The Morgan fingerprint density at radius 3 is 1.86 bits per heavy atom. The molecule has 4 nitrogen and oxygen atoms in total. The molecule has 0 N–H and O–H groups in total. The summed E-state index contributed by atoms with van der Waals surface area (Å²) in [4.78, 5) is 24.4. The van der Waals surface area contributed by atoms with Crippen molar-refractivity contribution in [1.82, 2.24) is 0 Å². The van der Waals surface area contributed by atoms with Gasteiger partial charge in [0.15, 0.2) is 0 Å². The molecule has 1 saturated carbocycles. The molecular weight excluding hydrogens is 268 g/mol. The van der Waals surface area contributed by atoms with Crippen molar-refractivity contribution in [2.24, 2.45) is 17.8 Å². The molecule has 0 amide bonds. The summed E-state index contributed by atoms with van der Waals surface area (Å²) in [6.07, 6.45) is 2.82. The third-order valence-corrected chi connectivity index (χ3v) is 3.36. The smallest absolute Gasteiger partial charge is 0.310 e. The van der Waals surface area contributed by atoms with Crippen molar-refractivity contribution in [1.29, 1.82) is 0 Å². The molecular formula is C17H28O4. The average Bonchev–Trinajstić information content (AvgIpc) is 2.68.